The van der Waals surface area contributed by atoms with Crippen LogP contribution in [0.4, 0.5) is 0 Å². The fourth-order valence-corrected chi connectivity index (χ4v) is 2.40. The molecule has 0 aliphatic carbocycles. The fraction of sp³-hybridized carbons (Fsp3) is 0.909. The SMILES string of the molecule is CC(C(=O)N1CCCC1)N1CC(CO)C1. The molecule has 0 aromatic carbocycles. The van der Waals surface area contributed by atoms with E-state index in [9.17, 15) is 4.79 Å². The summed E-state index contributed by atoms with van der Waals surface area (Å²) in [7, 11) is 0. The maximum absolute atomic E-state index is 12.0. The van der Waals surface area contributed by atoms with Crippen LogP contribution >= 0.6 is 0 Å². The van der Waals surface area contributed by atoms with Gasteiger partial charge in [0.25, 0.3) is 0 Å². The largest absolute Gasteiger partial charge is 0.396 e. The van der Waals surface area contributed by atoms with Gasteiger partial charge in [-0.25, -0.2) is 0 Å². The van der Waals surface area contributed by atoms with Gasteiger partial charge in [-0.05, 0) is 19.8 Å². The molecule has 0 saturated carbocycles. The van der Waals surface area contributed by atoms with E-state index >= 15 is 0 Å². The lowest BCUT2D eigenvalue weighted by Gasteiger charge is -2.42. The number of amides is 1. The van der Waals surface area contributed by atoms with Crippen LogP contribution in [0.5, 0.6) is 0 Å². The smallest absolute Gasteiger partial charge is 0.239 e. The number of carbonyl (C=O) groups excluding carboxylic acids is 1. The molecule has 0 aromatic rings. The zero-order valence-corrected chi connectivity index (χ0v) is 9.35. The van der Waals surface area contributed by atoms with Crippen LogP contribution in [-0.4, -0.2) is 59.6 Å². The van der Waals surface area contributed by atoms with Crippen molar-refractivity contribution in [3.8, 4) is 0 Å². The molecule has 0 spiro atoms. The first-order valence-electron chi connectivity index (χ1n) is 5.86. The van der Waals surface area contributed by atoms with Crippen molar-refractivity contribution in [1.82, 2.24) is 9.80 Å². The molecule has 0 radical (unpaired) electrons. The molecule has 86 valence electrons. The molecular formula is C11H20N2O2. The predicted octanol–water partition coefficient (Wildman–Crippen LogP) is -0.0786. The number of likely N-dealkylation sites (tertiary alicyclic amines) is 2. The van der Waals surface area contributed by atoms with E-state index in [2.05, 4.69) is 4.90 Å². The van der Waals surface area contributed by atoms with Crippen LogP contribution in [0.1, 0.15) is 19.8 Å². The molecule has 1 N–H and O–H groups in total. The highest BCUT2D eigenvalue weighted by molar-refractivity contribution is 5.81. The van der Waals surface area contributed by atoms with Gasteiger partial charge >= 0.3 is 0 Å². The van der Waals surface area contributed by atoms with Crippen molar-refractivity contribution in [1.29, 1.82) is 0 Å². The van der Waals surface area contributed by atoms with Crippen LogP contribution in [0.3, 0.4) is 0 Å². The zero-order chi connectivity index (χ0) is 10.8. The Balaban J connectivity index is 1.80. The van der Waals surface area contributed by atoms with E-state index in [1.54, 1.807) is 0 Å². The molecule has 2 saturated heterocycles. The average Bonchev–Trinajstić information content (AvgIpc) is 2.67. The van der Waals surface area contributed by atoms with Gasteiger partial charge in [0.1, 0.15) is 0 Å². The zero-order valence-electron chi connectivity index (χ0n) is 9.35. The van der Waals surface area contributed by atoms with E-state index in [0.717, 1.165) is 39.0 Å². The maximum atomic E-state index is 12.0. The van der Waals surface area contributed by atoms with Crippen LogP contribution in [0, 0.1) is 5.92 Å². The summed E-state index contributed by atoms with van der Waals surface area (Å²) in [5.74, 6) is 0.655. The maximum Gasteiger partial charge on any atom is 0.239 e. The molecule has 2 aliphatic rings. The molecule has 2 rings (SSSR count). The lowest BCUT2D eigenvalue weighted by Crippen LogP contribution is -2.57. The van der Waals surface area contributed by atoms with Gasteiger partial charge in [0.2, 0.25) is 5.91 Å². The number of hydrogen-bond donors (Lipinski definition) is 1. The molecule has 2 fully saturated rings. The molecular weight excluding hydrogens is 192 g/mol. The van der Waals surface area contributed by atoms with Crippen molar-refractivity contribution in [3.63, 3.8) is 0 Å². The molecule has 4 heteroatoms. The Kier molecular flexibility index (Phi) is 3.26. The Hall–Kier alpha value is -0.610. The van der Waals surface area contributed by atoms with Gasteiger partial charge in [0.05, 0.1) is 6.04 Å². The first kappa shape index (κ1) is 10.9. The number of aliphatic hydroxyl groups is 1. The predicted molar refractivity (Wildman–Crippen MR) is 57.4 cm³/mol. The third-order valence-corrected chi connectivity index (χ3v) is 3.57. The van der Waals surface area contributed by atoms with Crippen LogP contribution in [0.2, 0.25) is 0 Å². The highest BCUT2D eigenvalue weighted by Gasteiger charge is 2.35. The van der Waals surface area contributed by atoms with Gasteiger partial charge in [-0.2, -0.15) is 0 Å². The van der Waals surface area contributed by atoms with E-state index in [4.69, 9.17) is 5.11 Å². The average molecular weight is 212 g/mol. The molecule has 2 heterocycles. The highest BCUT2D eigenvalue weighted by Crippen LogP contribution is 2.20. The van der Waals surface area contributed by atoms with Crippen LogP contribution in [-0.2, 0) is 4.79 Å². The number of hydrogen-bond acceptors (Lipinski definition) is 3. The molecule has 1 atom stereocenters. The standard InChI is InChI=1S/C11H20N2O2/c1-9(13-6-10(7-13)8-14)11(15)12-4-2-3-5-12/h9-10,14H,2-8H2,1H3. The summed E-state index contributed by atoms with van der Waals surface area (Å²) in [6, 6.07) is 0.00546. The van der Waals surface area contributed by atoms with Gasteiger partial charge in [-0.3, -0.25) is 9.69 Å². The van der Waals surface area contributed by atoms with Crippen LogP contribution in [0.15, 0.2) is 0 Å². The molecule has 15 heavy (non-hydrogen) atoms. The van der Waals surface area contributed by atoms with Gasteiger partial charge < -0.3 is 10.0 Å². The number of nitrogens with zero attached hydrogens (tertiary/aromatic N) is 2. The van der Waals surface area contributed by atoms with Gasteiger partial charge in [-0.1, -0.05) is 0 Å². The summed E-state index contributed by atoms with van der Waals surface area (Å²) in [6.07, 6.45) is 2.30. The third-order valence-electron chi connectivity index (χ3n) is 3.57. The first-order chi connectivity index (χ1) is 7.22. The van der Waals surface area contributed by atoms with Crippen molar-refractivity contribution < 1.29 is 9.90 Å². The molecule has 4 nitrogen and oxygen atoms in total. The Labute approximate surface area is 90.9 Å². The Morgan fingerprint density at radius 3 is 2.53 bits per heavy atom. The fourth-order valence-electron chi connectivity index (χ4n) is 2.40. The van der Waals surface area contributed by atoms with E-state index in [0.29, 0.717) is 5.92 Å². The van der Waals surface area contributed by atoms with E-state index in [1.165, 1.54) is 0 Å². The summed E-state index contributed by atoms with van der Waals surface area (Å²) >= 11 is 0. The molecule has 2 aliphatic heterocycles. The van der Waals surface area contributed by atoms with Crippen molar-refractivity contribution in [3.05, 3.63) is 0 Å². The number of rotatable bonds is 3. The van der Waals surface area contributed by atoms with Crippen molar-refractivity contribution in [2.75, 3.05) is 32.8 Å². The molecule has 1 unspecified atom stereocenters. The minimum Gasteiger partial charge on any atom is -0.396 e. The van der Waals surface area contributed by atoms with E-state index < -0.39 is 0 Å². The second kappa shape index (κ2) is 4.49. The van der Waals surface area contributed by atoms with Gasteiger partial charge in [0.15, 0.2) is 0 Å². The molecule has 0 bridgehead atoms. The van der Waals surface area contributed by atoms with Crippen molar-refractivity contribution in [2.45, 2.75) is 25.8 Å². The first-order valence-corrected chi connectivity index (χ1v) is 5.86. The summed E-state index contributed by atoms with van der Waals surface area (Å²) in [5, 5.41) is 8.91. The lowest BCUT2D eigenvalue weighted by atomic mass is 9.98. The normalized spacial score (nSPS) is 25.3. The number of carbonyl (C=O) groups is 1. The summed E-state index contributed by atoms with van der Waals surface area (Å²) in [6.45, 7) is 5.84. The van der Waals surface area contributed by atoms with Gasteiger partial charge in [0, 0.05) is 38.7 Å². The quantitative estimate of drug-likeness (QED) is 0.711. The number of aliphatic hydroxyl groups excluding tert-OH is 1. The Bertz CT molecular complexity index is 233. The highest BCUT2D eigenvalue weighted by atomic mass is 16.3. The van der Waals surface area contributed by atoms with E-state index in [1.807, 2.05) is 11.8 Å². The minimum absolute atomic E-state index is 0.00546. The minimum atomic E-state index is 0.00546. The lowest BCUT2D eigenvalue weighted by molar-refractivity contribution is -0.138. The molecule has 0 aromatic heterocycles. The summed E-state index contributed by atoms with van der Waals surface area (Å²) in [5.41, 5.74) is 0. The second-order valence-electron chi connectivity index (χ2n) is 4.71. The Morgan fingerprint density at radius 1 is 1.40 bits per heavy atom. The van der Waals surface area contributed by atoms with Crippen molar-refractivity contribution >= 4 is 5.91 Å². The van der Waals surface area contributed by atoms with E-state index in [-0.39, 0.29) is 18.6 Å². The van der Waals surface area contributed by atoms with Gasteiger partial charge in [-0.15, -0.1) is 0 Å². The topological polar surface area (TPSA) is 43.8 Å². The van der Waals surface area contributed by atoms with Crippen molar-refractivity contribution in [2.24, 2.45) is 5.92 Å². The summed E-state index contributed by atoms with van der Waals surface area (Å²) < 4.78 is 0. The summed E-state index contributed by atoms with van der Waals surface area (Å²) in [4.78, 5) is 16.1. The van der Waals surface area contributed by atoms with Crippen LogP contribution in [0.25, 0.3) is 0 Å². The second-order valence-corrected chi connectivity index (χ2v) is 4.71. The molecule has 1 amide bonds. The third kappa shape index (κ3) is 2.16. The monoisotopic (exact) mass is 212 g/mol. The Morgan fingerprint density at radius 2 is 2.00 bits per heavy atom. The van der Waals surface area contributed by atoms with Crippen LogP contribution < -0.4 is 0 Å².